The third-order valence-corrected chi connectivity index (χ3v) is 8.08. The third kappa shape index (κ3) is 4.37. The summed E-state index contributed by atoms with van der Waals surface area (Å²) in [5.41, 5.74) is 6.33. The molecule has 0 saturated carbocycles. The van der Waals surface area contributed by atoms with Crippen LogP contribution in [0.4, 0.5) is 0 Å². The molecule has 3 rings (SSSR count). The summed E-state index contributed by atoms with van der Waals surface area (Å²) in [6, 6.07) is 11.8. The zero-order chi connectivity index (χ0) is 22.1. The second-order valence-electron chi connectivity index (χ2n) is 6.91. The van der Waals surface area contributed by atoms with E-state index in [1.165, 1.54) is 33.5 Å². The normalized spacial score (nSPS) is 15.7. The van der Waals surface area contributed by atoms with Crippen LogP contribution in [0.1, 0.15) is 15.9 Å². The molecule has 1 amide bonds. The fourth-order valence-electron chi connectivity index (χ4n) is 3.22. The van der Waals surface area contributed by atoms with E-state index in [-0.39, 0.29) is 47.7 Å². The van der Waals surface area contributed by atoms with Gasteiger partial charge >= 0.3 is 0 Å². The Labute approximate surface area is 175 Å². The maximum Gasteiger partial charge on any atom is 0.253 e. The van der Waals surface area contributed by atoms with E-state index in [4.69, 9.17) is 11.1 Å². The molecule has 11 heteroatoms. The van der Waals surface area contributed by atoms with Crippen LogP contribution in [0.15, 0.2) is 58.3 Å². The van der Waals surface area contributed by atoms with Crippen molar-refractivity contribution in [2.45, 2.75) is 9.79 Å². The average Bonchev–Trinajstić information content (AvgIpc) is 2.73. The Morgan fingerprint density at radius 2 is 1.37 bits per heavy atom. The zero-order valence-corrected chi connectivity index (χ0v) is 17.9. The van der Waals surface area contributed by atoms with E-state index >= 15 is 0 Å². The molecule has 9 nitrogen and oxygen atoms in total. The van der Waals surface area contributed by atoms with Gasteiger partial charge in [0.2, 0.25) is 10.0 Å². The number of nitrogens with zero attached hydrogens (tertiary/aromatic N) is 2. The van der Waals surface area contributed by atoms with E-state index in [0.717, 1.165) is 6.26 Å². The monoisotopic (exact) mass is 450 g/mol. The lowest BCUT2D eigenvalue weighted by molar-refractivity contribution is 0.0698. The van der Waals surface area contributed by atoms with Crippen LogP contribution in [0, 0.1) is 5.41 Å². The van der Waals surface area contributed by atoms with Crippen molar-refractivity contribution in [3.05, 3.63) is 59.7 Å². The Morgan fingerprint density at radius 3 is 1.87 bits per heavy atom. The SMILES string of the molecule is CS(=O)(=O)c1ccccc1S(=O)(=O)N1CCN(C(=O)c2ccc(C(=N)N)cc2)CC1. The quantitative estimate of drug-likeness (QED) is 0.502. The number of carbonyl (C=O) groups is 1. The van der Waals surface area contributed by atoms with Crippen LogP contribution in [-0.4, -0.2) is 70.2 Å². The van der Waals surface area contributed by atoms with E-state index in [2.05, 4.69) is 0 Å². The topological polar surface area (TPSA) is 142 Å². The van der Waals surface area contributed by atoms with Crippen LogP contribution < -0.4 is 5.73 Å². The summed E-state index contributed by atoms with van der Waals surface area (Å²) in [6.45, 7) is 0.455. The second-order valence-corrected chi connectivity index (χ2v) is 10.8. The largest absolute Gasteiger partial charge is 0.384 e. The van der Waals surface area contributed by atoms with Crippen LogP contribution in [0.3, 0.4) is 0 Å². The summed E-state index contributed by atoms with van der Waals surface area (Å²) in [5, 5.41) is 7.40. The number of hydrogen-bond acceptors (Lipinski definition) is 6. The summed E-state index contributed by atoms with van der Waals surface area (Å²) < 4.78 is 51.2. The second kappa shape index (κ2) is 8.17. The zero-order valence-electron chi connectivity index (χ0n) is 16.3. The summed E-state index contributed by atoms with van der Waals surface area (Å²) in [7, 11) is -7.75. The predicted molar refractivity (Wildman–Crippen MR) is 112 cm³/mol. The van der Waals surface area contributed by atoms with E-state index in [1.807, 2.05) is 0 Å². The molecule has 0 aliphatic carbocycles. The van der Waals surface area contributed by atoms with Crippen molar-refractivity contribution in [3.8, 4) is 0 Å². The van der Waals surface area contributed by atoms with Crippen molar-refractivity contribution < 1.29 is 21.6 Å². The van der Waals surface area contributed by atoms with E-state index < -0.39 is 19.9 Å². The van der Waals surface area contributed by atoms with Gasteiger partial charge in [0.1, 0.15) is 10.7 Å². The highest BCUT2D eigenvalue weighted by atomic mass is 32.2. The Hall–Kier alpha value is -2.76. The number of nitrogen functional groups attached to an aromatic ring is 1. The number of amides is 1. The van der Waals surface area contributed by atoms with Gasteiger partial charge in [-0.1, -0.05) is 24.3 Å². The van der Waals surface area contributed by atoms with Crippen LogP contribution in [0.5, 0.6) is 0 Å². The van der Waals surface area contributed by atoms with Crippen molar-refractivity contribution in [3.63, 3.8) is 0 Å². The van der Waals surface area contributed by atoms with E-state index in [0.29, 0.717) is 11.1 Å². The number of sulfonamides is 1. The average molecular weight is 451 g/mol. The first-order valence-electron chi connectivity index (χ1n) is 9.05. The van der Waals surface area contributed by atoms with Gasteiger partial charge < -0.3 is 10.6 Å². The lowest BCUT2D eigenvalue weighted by Crippen LogP contribution is -2.50. The van der Waals surface area contributed by atoms with Gasteiger partial charge in [-0.15, -0.1) is 0 Å². The summed E-state index contributed by atoms with van der Waals surface area (Å²) in [4.78, 5) is 13.7. The number of nitrogens with two attached hydrogens (primary N) is 1. The highest BCUT2D eigenvalue weighted by Gasteiger charge is 2.33. The van der Waals surface area contributed by atoms with Crippen molar-refractivity contribution in [1.82, 2.24) is 9.21 Å². The van der Waals surface area contributed by atoms with E-state index in [1.54, 1.807) is 24.3 Å². The number of nitrogens with one attached hydrogen (secondary N) is 1. The Balaban J connectivity index is 1.75. The number of amidine groups is 1. The number of sulfone groups is 1. The molecule has 2 aromatic rings. The molecule has 160 valence electrons. The fraction of sp³-hybridized carbons (Fsp3) is 0.263. The van der Waals surface area contributed by atoms with Crippen LogP contribution in [0.25, 0.3) is 0 Å². The lowest BCUT2D eigenvalue weighted by atomic mass is 10.1. The van der Waals surface area contributed by atoms with Crippen molar-refractivity contribution in [1.29, 1.82) is 5.41 Å². The van der Waals surface area contributed by atoms with Gasteiger partial charge in [0.25, 0.3) is 5.91 Å². The molecule has 0 spiro atoms. The van der Waals surface area contributed by atoms with Gasteiger partial charge in [-0.25, -0.2) is 16.8 Å². The van der Waals surface area contributed by atoms with Gasteiger partial charge in [-0.05, 0) is 24.3 Å². The van der Waals surface area contributed by atoms with Gasteiger partial charge in [-0.2, -0.15) is 4.31 Å². The first kappa shape index (κ1) is 21.9. The molecule has 2 aromatic carbocycles. The molecular weight excluding hydrogens is 428 g/mol. The Bertz CT molecular complexity index is 1180. The minimum absolute atomic E-state index is 0.0533. The number of rotatable bonds is 5. The number of piperazine rings is 1. The van der Waals surface area contributed by atoms with Crippen molar-refractivity contribution >= 4 is 31.6 Å². The molecule has 3 N–H and O–H groups in total. The molecule has 0 aromatic heterocycles. The minimum atomic E-state index is -4.03. The Kier molecular flexibility index (Phi) is 5.97. The molecule has 30 heavy (non-hydrogen) atoms. The highest BCUT2D eigenvalue weighted by Crippen LogP contribution is 2.25. The maximum atomic E-state index is 13.0. The van der Waals surface area contributed by atoms with Gasteiger partial charge in [-0.3, -0.25) is 10.2 Å². The molecule has 1 saturated heterocycles. The molecule has 0 radical (unpaired) electrons. The maximum absolute atomic E-state index is 13.0. The summed E-state index contributed by atoms with van der Waals surface area (Å²) in [5.74, 6) is -0.346. The molecule has 1 aliphatic heterocycles. The highest BCUT2D eigenvalue weighted by molar-refractivity contribution is 7.93. The first-order chi connectivity index (χ1) is 14.0. The van der Waals surface area contributed by atoms with Crippen LogP contribution in [0.2, 0.25) is 0 Å². The third-order valence-electron chi connectivity index (χ3n) is 4.84. The number of hydrogen-bond donors (Lipinski definition) is 2. The lowest BCUT2D eigenvalue weighted by Gasteiger charge is -2.34. The molecular formula is C19H22N4O5S2. The summed E-state index contributed by atoms with van der Waals surface area (Å²) >= 11 is 0. The Morgan fingerprint density at radius 1 is 0.867 bits per heavy atom. The van der Waals surface area contributed by atoms with Gasteiger partial charge in [0, 0.05) is 43.6 Å². The number of benzene rings is 2. The van der Waals surface area contributed by atoms with Crippen molar-refractivity contribution in [2.75, 3.05) is 32.4 Å². The molecule has 0 unspecified atom stereocenters. The number of carbonyl (C=O) groups excluding carboxylic acids is 1. The van der Waals surface area contributed by atoms with Crippen molar-refractivity contribution in [2.24, 2.45) is 5.73 Å². The fourth-order valence-corrected chi connectivity index (χ4v) is 6.24. The van der Waals surface area contributed by atoms with Crippen LogP contribution in [-0.2, 0) is 19.9 Å². The predicted octanol–water partition coefficient (Wildman–Crippen LogP) is 0.521. The smallest absolute Gasteiger partial charge is 0.253 e. The first-order valence-corrected chi connectivity index (χ1v) is 12.4. The molecule has 0 bridgehead atoms. The molecule has 0 atom stereocenters. The van der Waals surface area contributed by atoms with E-state index in [9.17, 15) is 21.6 Å². The van der Waals surface area contributed by atoms with Crippen LogP contribution >= 0.6 is 0 Å². The van der Waals surface area contributed by atoms with Gasteiger partial charge in [0.15, 0.2) is 9.84 Å². The standard InChI is InChI=1S/C19H22N4O5S2/c1-29(25,26)16-4-2-3-5-17(16)30(27,28)23-12-10-22(11-13-23)19(24)15-8-6-14(7-9-15)18(20)21/h2-9H,10-13H2,1H3,(H3,20,21). The summed E-state index contributed by atoms with van der Waals surface area (Å²) in [6.07, 6.45) is 0.968. The molecule has 1 heterocycles. The molecule has 1 aliphatic rings. The minimum Gasteiger partial charge on any atom is -0.384 e. The van der Waals surface area contributed by atoms with Gasteiger partial charge in [0.05, 0.1) is 4.90 Å². The molecule has 1 fully saturated rings.